The normalized spacial score (nSPS) is 13.6. The molecule has 29 heavy (non-hydrogen) atoms. The first-order chi connectivity index (χ1) is 13.6. The monoisotopic (exact) mass is 420 g/mol. The van der Waals surface area contributed by atoms with Gasteiger partial charge in [-0.15, -0.1) is 0 Å². The molecule has 0 aromatic heterocycles. The van der Waals surface area contributed by atoms with Gasteiger partial charge in [-0.25, -0.2) is 12.8 Å². The second kappa shape index (κ2) is 9.39. The highest BCUT2D eigenvalue weighted by Gasteiger charge is 2.34. The Kier molecular flexibility index (Phi) is 7.41. The molecule has 5 nitrogen and oxygen atoms in total. The lowest BCUT2D eigenvalue weighted by Crippen LogP contribution is -2.50. The zero-order chi connectivity index (χ0) is 21.8. The average Bonchev–Trinajstić information content (AvgIpc) is 2.64. The van der Waals surface area contributed by atoms with Gasteiger partial charge in [0.25, 0.3) is 0 Å². The number of carbonyl (C=O) groups excluding carboxylic acids is 1. The number of aryl methyl sites for hydroxylation is 2. The van der Waals surface area contributed by atoms with Gasteiger partial charge in [-0.3, -0.25) is 9.10 Å². The Morgan fingerprint density at radius 2 is 1.76 bits per heavy atom. The molecule has 0 unspecified atom stereocenters. The molecule has 0 aliphatic carbocycles. The van der Waals surface area contributed by atoms with Gasteiger partial charge in [0.05, 0.1) is 18.0 Å². The summed E-state index contributed by atoms with van der Waals surface area (Å²) in [5, 5.41) is 2.97. The van der Waals surface area contributed by atoms with Gasteiger partial charge in [0.2, 0.25) is 15.9 Å². The van der Waals surface area contributed by atoms with E-state index in [1.54, 1.807) is 13.0 Å². The number of benzene rings is 2. The molecule has 0 heterocycles. The van der Waals surface area contributed by atoms with Gasteiger partial charge in [0.1, 0.15) is 11.9 Å². The Balaban J connectivity index is 2.39. The zero-order valence-electron chi connectivity index (χ0n) is 17.6. The van der Waals surface area contributed by atoms with Gasteiger partial charge >= 0.3 is 0 Å². The molecule has 158 valence electrons. The number of halogens is 1. The molecule has 2 rings (SSSR count). The Labute approximate surface area is 173 Å². The predicted octanol–water partition coefficient (Wildman–Crippen LogP) is 4.25. The van der Waals surface area contributed by atoms with E-state index in [1.165, 1.54) is 18.2 Å². The van der Waals surface area contributed by atoms with Crippen molar-refractivity contribution < 1.29 is 17.6 Å². The first-order valence-electron chi connectivity index (χ1n) is 9.71. The molecule has 0 aliphatic heterocycles. The van der Waals surface area contributed by atoms with Crippen LogP contribution in [0, 0.1) is 19.7 Å². The summed E-state index contributed by atoms with van der Waals surface area (Å²) in [7, 11) is -3.89. The third kappa shape index (κ3) is 5.35. The van der Waals surface area contributed by atoms with Gasteiger partial charge in [0.15, 0.2) is 0 Å². The number of rotatable bonds is 8. The highest BCUT2D eigenvalue weighted by atomic mass is 32.2. The Bertz CT molecular complexity index is 976. The van der Waals surface area contributed by atoms with Crippen LogP contribution in [-0.2, 0) is 14.8 Å². The van der Waals surface area contributed by atoms with Crippen LogP contribution in [0.15, 0.2) is 42.5 Å². The second-order valence-electron chi connectivity index (χ2n) is 7.26. The number of hydrogen-bond acceptors (Lipinski definition) is 3. The van der Waals surface area contributed by atoms with Crippen molar-refractivity contribution >= 4 is 21.6 Å². The third-order valence-corrected chi connectivity index (χ3v) is 6.11. The topological polar surface area (TPSA) is 66.5 Å². The van der Waals surface area contributed by atoms with Crippen molar-refractivity contribution in [1.82, 2.24) is 5.32 Å². The number of para-hydroxylation sites is 1. The second-order valence-corrected chi connectivity index (χ2v) is 9.12. The van der Waals surface area contributed by atoms with Crippen molar-refractivity contribution in [1.29, 1.82) is 0 Å². The molecule has 0 aliphatic rings. The van der Waals surface area contributed by atoms with E-state index in [-0.39, 0.29) is 18.2 Å². The van der Waals surface area contributed by atoms with Crippen LogP contribution < -0.4 is 9.62 Å². The fraction of sp³-hybridized carbons (Fsp3) is 0.409. The summed E-state index contributed by atoms with van der Waals surface area (Å²) in [6.45, 7) is 7.65. The molecular formula is C22H29FN2O3S. The van der Waals surface area contributed by atoms with E-state index in [1.807, 2.05) is 39.0 Å². The summed E-state index contributed by atoms with van der Waals surface area (Å²) in [6, 6.07) is 10.3. The van der Waals surface area contributed by atoms with E-state index >= 15 is 0 Å². The molecule has 7 heteroatoms. The number of anilines is 1. The minimum Gasteiger partial charge on any atom is -0.347 e. The van der Waals surface area contributed by atoms with E-state index in [2.05, 4.69) is 5.32 Å². The summed E-state index contributed by atoms with van der Waals surface area (Å²) < 4.78 is 40.2. The molecule has 1 amide bonds. The fourth-order valence-electron chi connectivity index (χ4n) is 3.55. The Hall–Kier alpha value is -2.41. The maximum absolute atomic E-state index is 14.4. The van der Waals surface area contributed by atoms with Crippen molar-refractivity contribution in [2.75, 3.05) is 10.6 Å². The van der Waals surface area contributed by atoms with E-state index in [4.69, 9.17) is 0 Å². The molecule has 0 spiro atoms. The number of carbonyl (C=O) groups is 1. The number of nitrogens with zero attached hydrogens (tertiary/aromatic N) is 1. The van der Waals surface area contributed by atoms with Crippen LogP contribution in [-0.4, -0.2) is 26.6 Å². The molecule has 2 aromatic rings. The minimum atomic E-state index is -3.89. The molecule has 2 atom stereocenters. The molecule has 1 N–H and O–H groups in total. The summed E-state index contributed by atoms with van der Waals surface area (Å²) in [5.74, 6) is -1.14. The molecule has 0 saturated heterocycles. The van der Waals surface area contributed by atoms with E-state index in [0.29, 0.717) is 6.42 Å². The van der Waals surface area contributed by atoms with Crippen LogP contribution in [0.5, 0.6) is 0 Å². The Morgan fingerprint density at radius 1 is 1.10 bits per heavy atom. The number of amides is 1. The van der Waals surface area contributed by atoms with Crippen LogP contribution in [0.4, 0.5) is 10.1 Å². The lowest BCUT2D eigenvalue weighted by molar-refractivity contribution is -0.123. The standard InChI is InChI=1S/C22H29FN2O3S/c1-6-19(17-13-12-15(3)14-16(17)4)24-22(26)20(7-2)25(29(5,27)28)21-11-9-8-10-18(21)23/h8-14,19-20H,6-7H2,1-5H3,(H,24,26)/t19-,20-/m0/s1. The van der Waals surface area contributed by atoms with Crippen LogP contribution in [0.1, 0.15) is 49.4 Å². The smallest absolute Gasteiger partial charge is 0.244 e. The van der Waals surface area contributed by atoms with E-state index in [0.717, 1.165) is 27.3 Å². The first-order valence-corrected chi connectivity index (χ1v) is 11.6. The van der Waals surface area contributed by atoms with Gasteiger partial charge < -0.3 is 5.32 Å². The van der Waals surface area contributed by atoms with E-state index < -0.39 is 27.8 Å². The summed E-state index contributed by atoms with van der Waals surface area (Å²) in [5.41, 5.74) is 3.04. The van der Waals surface area contributed by atoms with Crippen LogP contribution in [0.25, 0.3) is 0 Å². The molecule has 0 radical (unpaired) electrons. The highest BCUT2D eigenvalue weighted by Crippen LogP contribution is 2.27. The third-order valence-electron chi connectivity index (χ3n) is 4.95. The van der Waals surface area contributed by atoms with Crippen molar-refractivity contribution in [3.05, 3.63) is 65.0 Å². The molecule has 0 bridgehead atoms. The SMILES string of the molecule is CC[C@H](NC(=O)[C@H](CC)N(c1ccccc1F)S(C)(=O)=O)c1ccc(C)cc1C. The van der Waals surface area contributed by atoms with Crippen LogP contribution in [0.2, 0.25) is 0 Å². The lowest BCUT2D eigenvalue weighted by atomic mass is 9.97. The minimum absolute atomic E-state index is 0.128. The molecule has 0 fully saturated rings. The largest absolute Gasteiger partial charge is 0.347 e. The maximum atomic E-state index is 14.4. The molecule has 2 aromatic carbocycles. The predicted molar refractivity (Wildman–Crippen MR) is 115 cm³/mol. The van der Waals surface area contributed by atoms with Crippen molar-refractivity contribution in [3.8, 4) is 0 Å². The maximum Gasteiger partial charge on any atom is 0.244 e. The van der Waals surface area contributed by atoms with Gasteiger partial charge in [-0.1, -0.05) is 49.7 Å². The quantitative estimate of drug-likeness (QED) is 0.694. The van der Waals surface area contributed by atoms with Crippen LogP contribution >= 0.6 is 0 Å². The van der Waals surface area contributed by atoms with Gasteiger partial charge in [-0.2, -0.15) is 0 Å². The summed E-state index contributed by atoms with van der Waals surface area (Å²) >= 11 is 0. The molecular weight excluding hydrogens is 391 g/mol. The Morgan fingerprint density at radius 3 is 2.28 bits per heavy atom. The summed E-state index contributed by atoms with van der Waals surface area (Å²) in [6.07, 6.45) is 1.83. The van der Waals surface area contributed by atoms with Gasteiger partial charge in [-0.05, 0) is 49.9 Å². The number of nitrogens with one attached hydrogen (secondary N) is 1. The first kappa shape index (κ1) is 22.9. The number of sulfonamides is 1. The highest BCUT2D eigenvalue weighted by molar-refractivity contribution is 7.92. The average molecular weight is 421 g/mol. The van der Waals surface area contributed by atoms with E-state index in [9.17, 15) is 17.6 Å². The van der Waals surface area contributed by atoms with Crippen molar-refractivity contribution in [2.45, 2.75) is 52.6 Å². The zero-order valence-corrected chi connectivity index (χ0v) is 18.4. The number of hydrogen-bond donors (Lipinski definition) is 1. The van der Waals surface area contributed by atoms with Gasteiger partial charge in [0, 0.05) is 0 Å². The molecule has 0 saturated carbocycles. The van der Waals surface area contributed by atoms with Crippen molar-refractivity contribution in [2.24, 2.45) is 0 Å². The lowest BCUT2D eigenvalue weighted by Gasteiger charge is -2.32. The summed E-state index contributed by atoms with van der Waals surface area (Å²) in [4.78, 5) is 13.1. The van der Waals surface area contributed by atoms with Crippen LogP contribution in [0.3, 0.4) is 0 Å². The van der Waals surface area contributed by atoms with Crippen molar-refractivity contribution in [3.63, 3.8) is 0 Å². The fourth-order valence-corrected chi connectivity index (χ4v) is 4.76.